The van der Waals surface area contributed by atoms with E-state index in [-0.39, 0.29) is 16.6 Å². The quantitative estimate of drug-likeness (QED) is 0.271. The second-order valence-electron chi connectivity index (χ2n) is 11.0. The molecule has 4 aromatic carbocycles. The smallest absolute Gasteiger partial charge is 0.123 e. The molecule has 2 aliphatic rings. The minimum atomic E-state index is -0.237. The van der Waals surface area contributed by atoms with Crippen molar-refractivity contribution in [2.24, 2.45) is 5.92 Å². The maximum Gasteiger partial charge on any atom is 0.123 e. The van der Waals surface area contributed by atoms with Gasteiger partial charge in [-0.05, 0) is 71.5 Å². The number of rotatable bonds is 5. The van der Waals surface area contributed by atoms with Gasteiger partial charge in [-0.15, -0.1) is 0 Å². The van der Waals surface area contributed by atoms with Crippen molar-refractivity contribution in [1.29, 1.82) is 0 Å². The molecule has 1 aromatic heterocycles. The monoisotopic (exact) mass is 487 g/mol. The van der Waals surface area contributed by atoms with Crippen LogP contribution in [0, 0.1) is 18.7 Å². The third kappa shape index (κ3) is 3.25. The van der Waals surface area contributed by atoms with Gasteiger partial charge in [-0.1, -0.05) is 67.6 Å². The van der Waals surface area contributed by atoms with Crippen molar-refractivity contribution < 1.29 is 4.39 Å². The van der Waals surface area contributed by atoms with Crippen LogP contribution in [0.5, 0.6) is 0 Å². The Balaban J connectivity index is 1.32. The normalized spacial score (nSPS) is 24.9. The molecule has 5 aromatic rings. The maximum absolute atomic E-state index is 13.5. The molecule has 0 N–H and O–H groups in total. The van der Waals surface area contributed by atoms with Crippen LogP contribution in [-0.2, 0) is 17.4 Å². The summed E-state index contributed by atoms with van der Waals surface area (Å²) in [5.41, 5.74) is 7.60. The molecule has 0 radical (unpaired) electrons. The van der Waals surface area contributed by atoms with Gasteiger partial charge in [-0.25, -0.2) is 9.07 Å². The van der Waals surface area contributed by atoms with Crippen molar-refractivity contribution in [3.05, 3.63) is 131 Å². The molecule has 2 heterocycles. The first-order valence-electron chi connectivity index (χ1n) is 13.1. The molecule has 0 spiro atoms. The summed E-state index contributed by atoms with van der Waals surface area (Å²) in [7, 11) is 0. The van der Waals surface area contributed by atoms with Crippen molar-refractivity contribution in [2.45, 2.75) is 31.2 Å². The number of hydrogen-bond acceptors (Lipinski definition) is 2. The highest BCUT2D eigenvalue weighted by Crippen LogP contribution is 2.73. The largest absolute Gasteiger partial charge is 0.298 e. The van der Waals surface area contributed by atoms with Crippen molar-refractivity contribution in [3.8, 4) is 5.69 Å². The van der Waals surface area contributed by atoms with E-state index in [1.54, 1.807) is 12.1 Å². The van der Waals surface area contributed by atoms with Crippen molar-refractivity contribution in [1.82, 2.24) is 14.7 Å². The Labute approximate surface area is 217 Å². The second kappa shape index (κ2) is 8.12. The van der Waals surface area contributed by atoms with Crippen LogP contribution < -0.4 is 0 Å². The zero-order valence-corrected chi connectivity index (χ0v) is 21.2. The van der Waals surface area contributed by atoms with E-state index in [1.807, 2.05) is 10.9 Å². The van der Waals surface area contributed by atoms with Gasteiger partial charge >= 0.3 is 0 Å². The van der Waals surface area contributed by atoms with Crippen LogP contribution in [0.15, 0.2) is 103 Å². The molecule has 4 heteroatoms. The second-order valence-corrected chi connectivity index (χ2v) is 11.0. The van der Waals surface area contributed by atoms with E-state index in [0.717, 1.165) is 36.2 Å². The van der Waals surface area contributed by atoms with E-state index in [0.29, 0.717) is 5.92 Å². The topological polar surface area (TPSA) is 21.1 Å². The lowest BCUT2D eigenvalue weighted by Gasteiger charge is -2.31. The van der Waals surface area contributed by atoms with E-state index in [2.05, 4.69) is 96.6 Å². The van der Waals surface area contributed by atoms with Gasteiger partial charge in [0.2, 0.25) is 0 Å². The molecule has 3 nitrogen and oxygen atoms in total. The molecule has 0 amide bonds. The molecular formula is C33H30FN3. The van der Waals surface area contributed by atoms with Gasteiger partial charge in [0, 0.05) is 35.9 Å². The molecule has 7 rings (SSSR count). The lowest BCUT2D eigenvalue weighted by molar-refractivity contribution is 0.260. The van der Waals surface area contributed by atoms with Crippen LogP contribution in [0.3, 0.4) is 0 Å². The highest BCUT2D eigenvalue weighted by Gasteiger charge is 2.78. The summed E-state index contributed by atoms with van der Waals surface area (Å²) in [4.78, 5) is 2.64. The van der Waals surface area contributed by atoms with E-state index < -0.39 is 0 Å². The number of fused-ring (bicyclic) bond motifs is 2. The minimum absolute atomic E-state index is 0.0549. The van der Waals surface area contributed by atoms with Gasteiger partial charge in [0.1, 0.15) is 5.82 Å². The Morgan fingerprint density at radius 2 is 1.62 bits per heavy atom. The predicted molar refractivity (Wildman–Crippen MR) is 146 cm³/mol. The Hall–Kier alpha value is -3.76. The molecule has 1 saturated carbocycles. The Morgan fingerprint density at radius 3 is 2.35 bits per heavy atom. The first kappa shape index (κ1) is 22.4. The van der Waals surface area contributed by atoms with Gasteiger partial charge in [0.15, 0.2) is 0 Å². The average molecular weight is 488 g/mol. The van der Waals surface area contributed by atoms with Crippen LogP contribution in [0.1, 0.15) is 29.2 Å². The molecule has 2 fully saturated rings. The van der Waals surface area contributed by atoms with Crippen molar-refractivity contribution in [3.63, 3.8) is 0 Å². The molecule has 1 aliphatic carbocycles. The number of hydrogen-bond donors (Lipinski definition) is 0. The molecule has 37 heavy (non-hydrogen) atoms. The first-order chi connectivity index (χ1) is 18.0. The summed E-state index contributed by atoms with van der Waals surface area (Å²) in [6.07, 6.45) is 1.95. The van der Waals surface area contributed by atoms with Crippen LogP contribution in [0.4, 0.5) is 4.39 Å². The highest BCUT2D eigenvalue weighted by molar-refractivity contribution is 5.83. The number of likely N-dealkylation sites (tertiary alicyclic amines) is 1. The lowest BCUT2D eigenvalue weighted by Crippen LogP contribution is -2.34. The van der Waals surface area contributed by atoms with Gasteiger partial charge in [0.25, 0.3) is 0 Å². The zero-order chi connectivity index (χ0) is 25.2. The van der Waals surface area contributed by atoms with Crippen LogP contribution in [0.25, 0.3) is 16.6 Å². The van der Waals surface area contributed by atoms with Crippen LogP contribution in [0.2, 0.25) is 0 Å². The fourth-order valence-electron chi connectivity index (χ4n) is 7.29. The minimum Gasteiger partial charge on any atom is -0.298 e. The van der Waals surface area contributed by atoms with Gasteiger partial charge < -0.3 is 0 Å². The van der Waals surface area contributed by atoms with E-state index >= 15 is 0 Å². The van der Waals surface area contributed by atoms with E-state index in [1.165, 1.54) is 34.4 Å². The number of aryl methyl sites for hydroxylation is 1. The van der Waals surface area contributed by atoms with Gasteiger partial charge in [-0.2, -0.15) is 5.10 Å². The molecular weight excluding hydrogens is 457 g/mol. The zero-order valence-electron chi connectivity index (χ0n) is 21.2. The Morgan fingerprint density at radius 1 is 0.919 bits per heavy atom. The van der Waals surface area contributed by atoms with Crippen molar-refractivity contribution in [2.75, 3.05) is 13.1 Å². The van der Waals surface area contributed by atoms with Gasteiger partial charge in [0.05, 0.1) is 17.4 Å². The standard InChI is InChI=1S/C33H30FN3/c1-23-17-30-25(19-35-37(30)28-15-13-27(34)14-16-28)18-29(23)33-22-36(20-24-9-5-3-6-10-24)21-31(33)32(33,2)26-11-7-4-8-12-26/h3-19,31H,20-22H2,1-2H3/t31-,32+,33+/m1/s1. The first-order valence-corrected chi connectivity index (χ1v) is 13.1. The number of piperidine rings is 1. The summed E-state index contributed by atoms with van der Waals surface area (Å²) in [6.45, 7) is 7.82. The summed E-state index contributed by atoms with van der Waals surface area (Å²) in [5, 5.41) is 5.82. The summed E-state index contributed by atoms with van der Waals surface area (Å²) in [6, 6.07) is 33.1. The summed E-state index contributed by atoms with van der Waals surface area (Å²) >= 11 is 0. The molecule has 1 aliphatic heterocycles. The SMILES string of the molecule is Cc1cc2c(cnn2-c2ccc(F)cc2)cc1[C@@]12CN(Cc3ccccc3)C[C@@H]1[C@]2(C)c1ccccc1. The van der Waals surface area contributed by atoms with Crippen LogP contribution in [-0.4, -0.2) is 27.8 Å². The van der Waals surface area contributed by atoms with E-state index in [4.69, 9.17) is 0 Å². The van der Waals surface area contributed by atoms with Crippen molar-refractivity contribution >= 4 is 10.9 Å². The molecule has 1 saturated heterocycles. The average Bonchev–Trinajstić information content (AvgIpc) is 3.25. The fourth-order valence-corrected chi connectivity index (χ4v) is 7.29. The fraction of sp³-hybridized carbons (Fsp3) is 0.242. The third-order valence-electron chi connectivity index (χ3n) is 9.14. The lowest BCUT2D eigenvalue weighted by atomic mass is 9.80. The van der Waals surface area contributed by atoms with E-state index in [9.17, 15) is 4.39 Å². The summed E-state index contributed by atoms with van der Waals surface area (Å²) in [5.74, 6) is 0.313. The van der Waals surface area contributed by atoms with Crippen LogP contribution >= 0.6 is 0 Å². The number of aromatic nitrogens is 2. The highest BCUT2D eigenvalue weighted by atomic mass is 19.1. The maximum atomic E-state index is 13.5. The molecule has 0 unspecified atom stereocenters. The molecule has 3 atom stereocenters. The molecule has 0 bridgehead atoms. The summed E-state index contributed by atoms with van der Waals surface area (Å²) < 4.78 is 15.4. The third-order valence-corrected chi connectivity index (χ3v) is 9.14. The molecule has 184 valence electrons. The predicted octanol–water partition coefficient (Wildman–Crippen LogP) is 6.81. The van der Waals surface area contributed by atoms with Gasteiger partial charge in [-0.3, -0.25) is 4.90 Å². The Kier molecular flexibility index (Phi) is 4.93. The number of benzene rings is 4. The number of halogens is 1. The number of nitrogens with zero attached hydrogens (tertiary/aromatic N) is 3. The Bertz CT molecular complexity index is 1590.